The van der Waals surface area contributed by atoms with E-state index in [1.54, 1.807) is 0 Å². The minimum absolute atomic E-state index is 0.300. The smallest absolute Gasteiger partial charge is 0.399 e. The normalized spacial score (nSPS) is 18.8. The zero-order chi connectivity index (χ0) is 17.6. The fourth-order valence-electron chi connectivity index (χ4n) is 2.58. The number of nitro groups is 1. The summed E-state index contributed by atoms with van der Waals surface area (Å²) in [4.78, 5) is 18.5. The van der Waals surface area contributed by atoms with Crippen LogP contribution in [0.3, 0.4) is 0 Å². The van der Waals surface area contributed by atoms with Crippen molar-refractivity contribution in [3.63, 3.8) is 0 Å². The van der Waals surface area contributed by atoms with Crippen LogP contribution in [0.5, 0.6) is 0 Å². The van der Waals surface area contributed by atoms with E-state index >= 15 is 0 Å². The lowest BCUT2D eigenvalue weighted by atomic mass is 10.1. The monoisotopic (exact) mass is 331 g/mol. The van der Waals surface area contributed by atoms with Crippen LogP contribution in [0.25, 0.3) is 0 Å². The molecule has 10 heteroatoms. The number of hydrogen-bond donors (Lipinski definition) is 1. The predicted octanol–water partition coefficient (Wildman–Crippen LogP) is 1.41. The second kappa shape index (κ2) is 5.49. The molecule has 0 amide bonds. The lowest BCUT2D eigenvalue weighted by Crippen LogP contribution is -2.35. The van der Waals surface area contributed by atoms with E-state index in [4.69, 9.17) is 10.3 Å². The fourth-order valence-corrected chi connectivity index (χ4v) is 2.58. The van der Waals surface area contributed by atoms with Gasteiger partial charge in [0.15, 0.2) is 17.4 Å². The van der Waals surface area contributed by atoms with Crippen molar-refractivity contribution in [2.24, 2.45) is 15.9 Å². The third-order valence-corrected chi connectivity index (χ3v) is 3.53. The standard InChI is InChI=1S/C14H17N7O3/c1-8-13(10-5-6-12(24-10)21(22)23)16-11(7-18(3)4)19-9(2)17-20(15)14(8)19/h5-7H,15H2,1-4H3. The Hall–Kier alpha value is -3.14. The van der Waals surface area contributed by atoms with Crippen molar-refractivity contribution in [2.45, 2.75) is 13.8 Å². The van der Waals surface area contributed by atoms with Gasteiger partial charge in [0.25, 0.3) is 0 Å². The number of fused-ring (bicyclic) bond motifs is 1. The molecule has 0 bridgehead atoms. The molecule has 3 heterocycles. The summed E-state index contributed by atoms with van der Waals surface area (Å²) >= 11 is 0. The highest BCUT2D eigenvalue weighted by Gasteiger charge is 2.36. The van der Waals surface area contributed by atoms with Crippen molar-refractivity contribution in [1.29, 1.82) is 0 Å². The number of nitrogens with zero attached hydrogens (tertiary/aromatic N) is 6. The molecule has 0 aromatic carbocycles. The number of hydrazine groups is 1. The molecule has 0 saturated carbocycles. The van der Waals surface area contributed by atoms with Gasteiger partial charge < -0.3 is 9.32 Å². The van der Waals surface area contributed by atoms with Crippen LogP contribution in [0, 0.1) is 10.1 Å². The molecule has 0 atom stereocenters. The minimum Gasteiger partial charge on any atom is -0.399 e. The number of amidine groups is 1. The average molecular weight is 331 g/mol. The summed E-state index contributed by atoms with van der Waals surface area (Å²) in [6.45, 7) is 3.64. The van der Waals surface area contributed by atoms with Gasteiger partial charge in [-0.1, -0.05) is 0 Å². The Morgan fingerprint density at radius 2 is 2.08 bits per heavy atom. The first kappa shape index (κ1) is 15.7. The number of aliphatic imine (C=N–C) groups is 1. The van der Waals surface area contributed by atoms with Crippen LogP contribution in [0.15, 0.2) is 50.1 Å². The Morgan fingerprint density at radius 1 is 1.38 bits per heavy atom. The summed E-state index contributed by atoms with van der Waals surface area (Å²) < 4.78 is 5.30. The molecule has 1 aromatic heterocycles. The van der Waals surface area contributed by atoms with Crippen LogP contribution in [0.4, 0.5) is 5.88 Å². The summed E-state index contributed by atoms with van der Waals surface area (Å²) in [7, 11) is 3.74. The van der Waals surface area contributed by atoms with Gasteiger partial charge in [-0.2, -0.15) is 5.12 Å². The van der Waals surface area contributed by atoms with E-state index in [0.29, 0.717) is 34.5 Å². The van der Waals surface area contributed by atoms with Crippen LogP contribution >= 0.6 is 0 Å². The van der Waals surface area contributed by atoms with Gasteiger partial charge in [-0.3, -0.25) is 15.0 Å². The van der Waals surface area contributed by atoms with E-state index in [9.17, 15) is 10.1 Å². The van der Waals surface area contributed by atoms with Crippen molar-refractivity contribution in [3.8, 4) is 0 Å². The van der Waals surface area contributed by atoms with Gasteiger partial charge in [0.05, 0.1) is 6.07 Å². The van der Waals surface area contributed by atoms with Crippen LogP contribution in [0.1, 0.15) is 19.6 Å². The van der Waals surface area contributed by atoms with Crippen LogP contribution < -0.4 is 5.84 Å². The summed E-state index contributed by atoms with van der Waals surface area (Å²) in [5, 5.41) is 16.3. The molecule has 2 aliphatic heterocycles. The van der Waals surface area contributed by atoms with Crippen molar-refractivity contribution in [2.75, 3.05) is 14.1 Å². The molecule has 3 rings (SSSR count). The van der Waals surface area contributed by atoms with Crippen LogP contribution in [0.2, 0.25) is 0 Å². The molecule has 0 unspecified atom stereocenters. The first-order valence-corrected chi connectivity index (χ1v) is 7.12. The van der Waals surface area contributed by atoms with Gasteiger partial charge in [-0.25, -0.2) is 10.8 Å². The van der Waals surface area contributed by atoms with Crippen LogP contribution in [-0.2, 0) is 0 Å². The number of rotatable bonds is 3. The van der Waals surface area contributed by atoms with E-state index < -0.39 is 4.92 Å². The molecule has 2 aliphatic rings. The highest BCUT2D eigenvalue weighted by molar-refractivity contribution is 6.13. The minimum atomic E-state index is -0.587. The summed E-state index contributed by atoms with van der Waals surface area (Å²) in [6, 6.07) is 2.82. The second-order valence-electron chi connectivity index (χ2n) is 5.58. The largest absolute Gasteiger partial charge is 0.433 e. The molecule has 1 aromatic rings. The maximum Gasteiger partial charge on any atom is 0.433 e. The molecule has 0 fully saturated rings. The van der Waals surface area contributed by atoms with Gasteiger partial charge in [0.2, 0.25) is 0 Å². The molecule has 24 heavy (non-hydrogen) atoms. The number of hydrogen-bond acceptors (Lipinski definition) is 9. The number of furan rings is 1. The number of hydrazone groups is 1. The highest BCUT2D eigenvalue weighted by Crippen LogP contribution is 2.33. The van der Waals surface area contributed by atoms with Gasteiger partial charge in [0.1, 0.15) is 16.5 Å². The topological polar surface area (TPSA) is 117 Å². The zero-order valence-corrected chi connectivity index (χ0v) is 13.7. The van der Waals surface area contributed by atoms with E-state index in [0.717, 1.165) is 0 Å². The van der Waals surface area contributed by atoms with E-state index in [2.05, 4.69) is 10.1 Å². The quantitative estimate of drug-likeness (QED) is 0.505. The highest BCUT2D eigenvalue weighted by atomic mass is 16.6. The van der Waals surface area contributed by atoms with Gasteiger partial charge in [-0.05, 0) is 19.9 Å². The van der Waals surface area contributed by atoms with E-state index in [-0.39, 0.29) is 5.88 Å². The first-order valence-electron chi connectivity index (χ1n) is 7.12. The molecule has 0 aliphatic carbocycles. The summed E-state index contributed by atoms with van der Waals surface area (Å²) in [5.41, 5.74) is 1.18. The molecule has 0 radical (unpaired) electrons. The number of nitrogens with two attached hydrogens (primary N) is 1. The Labute approximate surface area is 137 Å². The molecule has 126 valence electrons. The fraction of sp³-hybridized carbons (Fsp3) is 0.286. The Morgan fingerprint density at radius 3 is 2.67 bits per heavy atom. The van der Waals surface area contributed by atoms with Gasteiger partial charge >= 0.3 is 5.88 Å². The first-order chi connectivity index (χ1) is 11.3. The molecular formula is C14H17N7O3. The van der Waals surface area contributed by atoms with Crippen molar-refractivity contribution < 1.29 is 9.34 Å². The lowest BCUT2D eigenvalue weighted by molar-refractivity contribution is -0.402. The van der Waals surface area contributed by atoms with Crippen molar-refractivity contribution in [3.05, 3.63) is 51.4 Å². The Balaban J connectivity index is 2.15. The number of allylic oxidation sites excluding steroid dienone is 1. The third kappa shape index (κ3) is 2.42. The molecule has 2 N–H and O–H groups in total. The molecule has 0 spiro atoms. The average Bonchev–Trinajstić information content (AvgIpc) is 3.07. The van der Waals surface area contributed by atoms with Gasteiger partial charge in [-0.15, -0.1) is 5.10 Å². The summed E-state index contributed by atoms with van der Waals surface area (Å²) in [6.07, 6.45) is 1.81. The van der Waals surface area contributed by atoms with Crippen LogP contribution in [-0.4, -0.2) is 45.5 Å². The zero-order valence-electron chi connectivity index (χ0n) is 13.7. The Bertz CT molecular complexity index is 831. The summed E-state index contributed by atoms with van der Waals surface area (Å²) in [5.74, 6) is 7.82. The molecule has 0 saturated heterocycles. The van der Waals surface area contributed by atoms with Gasteiger partial charge in [0, 0.05) is 25.9 Å². The maximum absolute atomic E-state index is 10.9. The Kier molecular flexibility index (Phi) is 3.60. The van der Waals surface area contributed by atoms with Crippen molar-refractivity contribution >= 4 is 17.4 Å². The third-order valence-electron chi connectivity index (χ3n) is 3.53. The van der Waals surface area contributed by atoms with E-state index in [1.807, 2.05) is 43.9 Å². The SMILES string of the molecule is CC1=NN(N)C2=C(C)C(c3ccc([N+](=O)[O-])o3)=NC(=CN(C)C)N12. The van der Waals surface area contributed by atoms with Crippen molar-refractivity contribution in [1.82, 2.24) is 14.9 Å². The predicted molar refractivity (Wildman–Crippen MR) is 87.3 cm³/mol. The van der Waals surface area contributed by atoms with E-state index in [1.165, 1.54) is 17.3 Å². The second-order valence-corrected chi connectivity index (χ2v) is 5.58. The molecule has 10 nitrogen and oxygen atoms in total. The lowest BCUT2D eigenvalue weighted by Gasteiger charge is -2.29. The maximum atomic E-state index is 10.9. The molecular weight excluding hydrogens is 314 g/mol.